The summed E-state index contributed by atoms with van der Waals surface area (Å²) in [5, 5.41) is 27.6. The van der Waals surface area contributed by atoms with E-state index in [1.54, 1.807) is 44.4 Å². The lowest BCUT2D eigenvalue weighted by molar-refractivity contribution is -0.172. The van der Waals surface area contributed by atoms with Gasteiger partial charge in [-0.25, -0.2) is 28.2 Å². The third-order valence-electron chi connectivity index (χ3n) is 16.9. The van der Waals surface area contributed by atoms with Crippen molar-refractivity contribution >= 4 is 56.0 Å². The zero-order valence-electron chi connectivity index (χ0n) is 50.3. The lowest BCUT2D eigenvalue weighted by atomic mass is 9.76. The number of aliphatic hydroxyl groups is 1. The molecule has 456 valence electrons. The number of ether oxygens (including phenoxy) is 1. The van der Waals surface area contributed by atoms with Gasteiger partial charge in [0.05, 0.1) is 40.1 Å². The van der Waals surface area contributed by atoms with Crippen LogP contribution in [0.5, 0.6) is 0 Å². The maximum atomic E-state index is 14.5. The number of pyridine rings is 2. The van der Waals surface area contributed by atoms with Crippen LogP contribution in [0.3, 0.4) is 0 Å². The van der Waals surface area contributed by atoms with Gasteiger partial charge in [-0.05, 0) is 124 Å². The molecule has 2 aliphatic heterocycles. The lowest BCUT2D eigenvalue weighted by Gasteiger charge is -2.37. The second-order valence-electron chi connectivity index (χ2n) is 23.4. The molecule has 4 amide bonds. The molecule has 6 N–H and O–H groups in total. The number of nitrogens with zero attached hydrogens (tertiary/aromatic N) is 4. The summed E-state index contributed by atoms with van der Waals surface area (Å²) in [6, 6.07) is 31.1. The minimum absolute atomic E-state index is 0.0280. The summed E-state index contributed by atoms with van der Waals surface area (Å²) < 4.78 is 30.5. The summed E-state index contributed by atoms with van der Waals surface area (Å²) in [6.07, 6.45) is 7.84. The molecule has 3 aliphatic rings. The molecule has 0 radical (unpaired) electrons. The number of aromatic nitrogens is 4. The average molecular weight is 1210 g/mol. The number of esters is 1. The fourth-order valence-corrected chi connectivity index (χ4v) is 12.7. The minimum atomic E-state index is -3.57. The number of rotatable bonds is 22. The molecule has 20 heteroatoms. The van der Waals surface area contributed by atoms with Crippen molar-refractivity contribution in [2.75, 3.05) is 18.1 Å². The van der Waals surface area contributed by atoms with Gasteiger partial charge in [0.1, 0.15) is 24.7 Å². The Bertz CT molecular complexity index is 4030. The second kappa shape index (κ2) is 26.2. The predicted octanol–water partition coefficient (Wildman–Crippen LogP) is 7.11. The molecule has 88 heavy (non-hydrogen) atoms. The van der Waals surface area contributed by atoms with E-state index in [0.29, 0.717) is 73.2 Å². The molecule has 19 nitrogen and oxygen atoms in total. The van der Waals surface area contributed by atoms with E-state index in [0.717, 1.165) is 57.0 Å². The van der Waals surface area contributed by atoms with Crippen molar-refractivity contribution in [2.24, 2.45) is 5.92 Å². The van der Waals surface area contributed by atoms with Gasteiger partial charge >= 0.3 is 5.97 Å². The van der Waals surface area contributed by atoms with Crippen LogP contribution in [0.15, 0.2) is 125 Å². The molecule has 4 atom stereocenters. The van der Waals surface area contributed by atoms with Gasteiger partial charge < -0.3 is 35.7 Å². The number of hydrogen-bond acceptors (Lipinski definition) is 14. The topological polar surface area (TPSA) is 270 Å². The SMILES string of the molecule is CC[C@@]1(O)C(=O)OCc2c1cc1n(c2=O)Cc2c-1nc1ccc(NC(=O)[C@H](C)NC(=O)[C@@H](NC(=O)[C@H](CCCCNC(c3ccccc3)(c3ccccc3)c3ccc(C)cc3)NC(=O)CCCC#Cc3cnc(S(C)(=O)=O)nc3)C(C)C)c3c1c2CCC3. The van der Waals surface area contributed by atoms with Crippen LogP contribution in [-0.2, 0) is 75.7 Å². The highest BCUT2D eigenvalue weighted by atomic mass is 32.2. The molecule has 1 aliphatic carbocycles. The van der Waals surface area contributed by atoms with Crippen LogP contribution in [0.25, 0.3) is 22.3 Å². The molecule has 0 bridgehead atoms. The third kappa shape index (κ3) is 12.8. The standard InChI is InChI=1S/C68H73N9O10S/c1-7-67(84)52-36-56-60-50(39-77(56)64(82)51(52)40-87-65(67)83)48-25-19-26-49-53(33-34-54(74-60)58(48)49)75-61(79)43(5)72-63(81)59(41(2)3)76-62(80)55(73-57(78)28-16-8-11-20-44-37-69-66(70-38-44)88(6,85)86)27-17-18-35-71-68(45-21-12-9-13-22-45,46-23-14-10-15-24-46)47-31-29-42(4)30-32-47/h9-10,12-15,21-24,29-34,36-38,41,43,55,59,71,84H,7-8,16-19,25-28,35,39-40H2,1-6H3,(H,72,81)(H,73,78)(H,75,79)(H,76,80)/t43-,55-,59-,67-/m0/s1. The number of carbonyl (C=O) groups excluding carboxylic acids is 5. The van der Waals surface area contributed by atoms with Crippen LogP contribution >= 0.6 is 0 Å². The lowest BCUT2D eigenvalue weighted by Crippen LogP contribution is -2.57. The van der Waals surface area contributed by atoms with Gasteiger partial charge in [0.2, 0.25) is 38.6 Å². The molecule has 3 aromatic heterocycles. The Morgan fingerprint density at radius 1 is 0.795 bits per heavy atom. The Morgan fingerprint density at radius 3 is 2.12 bits per heavy atom. The van der Waals surface area contributed by atoms with Crippen molar-refractivity contribution < 1.29 is 42.2 Å². The number of cyclic esters (lactones) is 1. The first kappa shape index (κ1) is 62.2. The van der Waals surface area contributed by atoms with Crippen LogP contribution in [0, 0.1) is 24.7 Å². The number of amides is 4. The molecule has 7 aromatic rings. The van der Waals surface area contributed by atoms with E-state index in [1.165, 1.54) is 12.4 Å². The van der Waals surface area contributed by atoms with Crippen molar-refractivity contribution in [3.8, 4) is 23.2 Å². The molecular formula is C68H73N9O10S. The van der Waals surface area contributed by atoms with E-state index in [4.69, 9.17) is 9.72 Å². The van der Waals surface area contributed by atoms with Crippen molar-refractivity contribution in [2.45, 2.75) is 146 Å². The van der Waals surface area contributed by atoms with E-state index in [2.05, 4.69) is 104 Å². The second-order valence-corrected chi connectivity index (χ2v) is 25.3. The summed E-state index contributed by atoms with van der Waals surface area (Å²) >= 11 is 0. The minimum Gasteiger partial charge on any atom is -0.458 e. The molecule has 10 rings (SSSR count). The van der Waals surface area contributed by atoms with Gasteiger partial charge in [0.25, 0.3) is 5.56 Å². The van der Waals surface area contributed by atoms with Crippen LogP contribution in [0.1, 0.15) is 135 Å². The zero-order valence-corrected chi connectivity index (χ0v) is 51.1. The highest BCUT2D eigenvalue weighted by Gasteiger charge is 2.46. The average Bonchev–Trinajstić information content (AvgIpc) is 1.61. The number of benzene rings is 4. The largest absolute Gasteiger partial charge is 0.458 e. The highest BCUT2D eigenvalue weighted by Crippen LogP contribution is 2.44. The molecule has 0 spiro atoms. The number of nitrogens with one attached hydrogen (secondary N) is 5. The van der Waals surface area contributed by atoms with Crippen molar-refractivity contribution in [3.63, 3.8) is 0 Å². The van der Waals surface area contributed by atoms with Crippen LogP contribution < -0.4 is 32.1 Å². The van der Waals surface area contributed by atoms with Crippen LogP contribution in [0.2, 0.25) is 0 Å². The summed E-state index contributed by atoms with van der Waals surface area (Å²) in [5.41, 5.74) is 7.25. The van der Waals surface area contributed by atoms with E-state index >= 15 is 0 Å². The van der Waals surface area contributed by atoms with E-state index < -0.39 is 68.7 Å². The van der Waals surface area contributed by atoms with Gasteiger partial charge in [-0.15, -0.1) is 0 Å². The van der Waals surface area contributed by atoms with Gasteiger partial charge in [-0.3, -0.25) is 29.3 Å². The number of carbonyl (C=O) groups is 5. The van der Waals surface area contributed by atoms with Gasteiger partial charge in [0.15, 0.2) is 5.60 Å². The maximum absolute atomic E-state index is 14.5. The summed E-state index contributed by atoms with van der Waals surface area (Å²) in [7, 11) is -3.57. The Morgan fingerprint density at radius 2 is 1.47 bits per heavy atom. The Balaban J connectivity index is 0.824. The summed E-state index contributed by atoms with van der Waals surface area (Å²) in [4.78, 5) is 96.2. The first-order chi connectivity index (χ1) is 42.2. The molecular weight excluding hydrogens is 1130 g/mol. The van der Waals surface area contributed by atoms with Crippen molar-refractivity contribution in [1.29, 1.82) is 0 Å². The Kier molecular flexibility index (Phi) is 18.5. The number of anilines is 1. The molecule has 0 saturated heterocycles. The number of unbranched alkanes of at least 4 members (excludes halogenated alkanes) is 2. The third-order valence-corrected chi connectivity index (χ3v) is 17.8. The zero-order chi connectivity index (χ0) is 62.5. The number of sulfone groups is 1. The van der Waals surface area contributed by atoms with Gasteiger partial charge in [-0.2, -0.15) is 0 Å². The molecule has 0 fully saturated rings. The number of fused-ring (bicyclic) bond motifs is 5. The highest BCUT2D eigenvalue weighted by molar-refractivity contribution is 7.90. The normalized spacial score (nSPS) is 16.0. The van der Waals surface area contributed by atoms with E-state index in [9.17, 15) is 42.3 Å². The van der Waals surface area contributed by atoms with Crippen molar-refractivity contribution in [3.05, 3.63) is 182 Å². The fourth-order valence-electron chi connectivity index (χ4n) is 12.2. The Hall–Kier alpha value is -8.90. The fraction of sp³-hybridized carbons (Fsp3) is 0.368. The van der Waals surface area contributed by atoms with Crippen LogP contribution in [0.4, 0.5) is 5.69 Å². The monoisotopic (exact) mass is 1210 g/mol. The van der Waals surface area contributed by atoms with Gasteiger partial charge in [-0.1, -0.05) is 123 Å². The van der Waals surface area contributed by atoms with E-state index in [1.807, 2.05) is 42.5 Å². The van der Waals surface area contributed by atoms with Crippen LogP contribution in [-0.4, -0.2) is 93.6 Å². The molecule has 0 saturated carbocycles. The smallest absolute Gasteiger partial charge is 0.343 e. The summed E-state index contributed by atoms with van der Waals surface area (Å²) in [5.74, 6) is 2.62. The molecule has 5 heterocycles. The van der Waals surface area contributed by atoms with Gasteiger partial charge in [0, 0.05) is 53.7 Å². The Labute approximate surface area is 511 Å². The predicted molar refractivity (Wildman–Crippen MR) is 333 cm³/mol. The van der Waals surface area contributed by atoms with Crippen molar-refractivity contribution in [1.82, 2.24) is 40.8 Å². The maximum Gasteiger partial charge on any atom is 0.343 e. The number of hydrogen-bond donors (Lipinski definition) is 6. The number of aryl methyl sites for hydroxylation is 3. The first-order valence-corrected chi connectivity index (χ1v) is 31.9. The molecule has 4 aromatic carbocycles. The first-order valence-electron chi connectivity index (χ1n) is 30.0. The molecule has 0 unspecified atom stereocenters. The van der Waals surface area contributed by atoms with E-state index in [-0.39, 0.29) is 60.2 Å². The summed E-state index contributed by atoms with van der Waals surface area (Å²) in [6.45, 7) is 9.40. The quantitative estimate of drug-likeness (QED) is 0.0130.